The molecule has 21 heavy (non-hydrogen) atoms. The maximum absolute atomic E-state index is 6.05. The largest absolute Gasteiger partial charge is 0.491 e. The molecule has 0 amide bonds. The second kappa shape index (κ2) is 6.46. The molecule has 112 valence electrons. The minimum absolute atomic E-state index is 0.220. The van der Waals surface area contributed by atoms with Crippen molar-refractivity contribution in [3.8, 4) is 5.75 Å². The van der Waals surface area contributed by atoms with Crippen LogP contribution >= 0.6 is 0 Å². The minimum Gasteiger partial charge on any atom is -0.491 e. The smallest absolute Gasteiger partial charge is 0.123 e. The SMILES string of the molecule is CC1CCC(COc2ccc3ccccc3c2CCN)O1. The predicted molar refractivity (Wildman–Crippen MR) is 85.8 cm³/mol. The van der Waals surface area contributed by atoms with Crippen molar-refractivity contribution in [2.45, 2.75) is 38.4 Å². The zero-order chi connectivity index (χ0) is 14.7. The first-order valence-corrected chi connectivity index (χ1v) is 7.77. The van der Waals surface area contributed by atoms with Crippen LogP contribution in [0.2, 0.25) is 0 Å². The van der Waals surface area contributed by atoms with E-state index in [1.807, 2.05) is 0 Å². The molecule has 0 aromatic heterocycles. The van der Waals surface area contributed by atoms with Crippen molar-refractivity contribution in [3.63, 3.8) is 0 Å². The summed E-state index contributed by atoms with van der Waals surface area (Å²) in [6, 6.07) is 12.6. The Bertz CT molecular complexity index is 611. The van der Waals surface area contributed by atoms with E-state index in [2.05, 4.69) is 43.3 Å². The van der Waals surface area contributed by atoms with Gasteiger partial charge in [0.15, 0.2) is 0 Å². The van der Waals surface area contributed by atoms with Crippen LogP contribution in [0.15, 0.2) is 36.4 Å². The zero-order valence-electron chi connectivity index (χ0n) is 12.5. The fraction of sp³-hybridized carbons (Fsp3) is 0.444. The maximum Gasteiger partial charge on any atom is 0.123 e. The van der Waals surface area contributed by atoms with Gasteiger partial charge >= 0.3 is 0 Å². The van der Waals surface area contributed by atoms with Crippen LogP contribution in [0.25, 0.3) is 10.8 Å². The number of fused-ring (bicyclic) bond motifs is 1. The Balaban J connectivity index is 1.81. The lowest BCUT2D eigenvalue weighted by molar-refractivity contribution is 0.0263. The molecule has 0 radical (unpaired) electrons. The molecule has 2 unspecified atom stereocenters. The normalized spacial score (nSPS) is 21.8. The van der Waals surface area contributed by atoms with Crippen molar-refractivity contribution in [1.82, 2.24) is 0 Å². The number of hydrogen-bond donors (Lipinski definition) is 1. The van der Waals surface area contributed by atoms with Crippen LogP contribution in [0.1, 0.15) is 25.3 Å². The molecule has 1 aliphatic heterocycles. The summed E-state index contributed by atoms with van der Waals surface area (Å²) in [6.07, 6.45) is 3.62. The fourth-order valence-electron chi connectivity index (χ4n) is 3.04. The Morgan fingerprint density at radius 3 is 2.81 bits per heavy atom. The molecule has 1 fully saturated rings. The van der Waals surface area contributed by atoms with Crippen molar-refractivity contribution in [3.05, 3.63) is 42.0 Å². The standard InChI is InChI=1S/C18H23NO2/c1-13-6-8-15(21-13)12-20-18-9-7-14-4-2-3-5-16(14)17(18)10-11-19/h2-5,7,9,13,15H,6,8,10-12,19H2,1H3. The van der Waals surface area contributed by atoms with Crippen LogP contribution < -0.4 is 10.5 Å². The Hall–Kier alpha value is -1.58. The van der Waals surface area contributed by atoms with E-state index in [4.69, 9.17) is 15.2 Å². The lowest BCUT2D eigenvalue weighted by Crippen LogP contribution is -2.18. The van der Waals surface area contributed by atoms with Gasteiger partial charge in [0.2, 0.25) is 0 Å². The van der Waals surface area contributed by atoms with Gasteiger partial charge in [-0.1, -0.05) is 30.3 Å². The van der Waals surface area contributed by atoms with Crippen molar-refractivity contribution in [2.24, 2.45) is 5.73 Å². The molecule has 0 saturated carbocycles. The van der Waals surface area contributed by atoms with Crippen LogP contribution in [-0.2, 0) is 11.2 Å². The van der Waals surface area contributed by atoms with Gasteiger partial charge in [-0.3, -0.25) is 0 Å². The average molecular weight is 285 g/mol. The molecule has 1 saturated heterocycles. The molecule has 0 bridgehead atoms. The number of rotatable bonds is 5. The molecule has 2 N–H and O–H groups in total. The lowest BCUT2D eigenvalue weighted by Gasteiger charge is -2.17. The highest BCUT2D eigenvalue weighted by Crippen LogP contribution is 2.29. The van der Waals surface area contributed by atoms with E-state index in [-0.39, 0.29) is 6.10 Å². The van der Waals surface area contributed by atoms with Gasteiger partial charge in [0.25, 0.3) is 0 Å². The first-order chi connectivity index (χ1) is 10.3. The molecule has 3 nitrogen and oxygen atoms in total. The molecule has 0 spiro atoms. The Morgan fingerprint density at radius 1 is 1.19 bits per heavy atom. The lowest BCUT2D eigenvalue weighted by atomic mass is 10.0. The molecule has 0 aliphatic carbocycles. The number of nitrogens with two attached hydrogens (primary N) is 1. The summed E-state index contributed by atoms with van der Waals surface area (Å²) in [5.74, 6) is 0.947. The molecular formula is C18H23NO2. The Labute approximate surface area is 126 Å². The number of hydrogen-bond acceptors (Lipinski definition) is 3. The zero-order valence-corrected chi connectivity index (χ0v) is 12.5. The molecule has 3 heteroatoms. The van der Waals surface area contributed by atoms with E-state index in [9.17, 15) is 0 Å². The van der Waals surface area contributed by atoms with E-state index in [1.165, 1.54) is 16.3 Å². The van der Waals surface area contributed by atoms with Crippen molar-refractivity contribution in [2.75, 3.05) is 13.2 Å². The summed E-state index contributed by atoms with van der Waals surface area (Å²) < 4.78 is 11.9. The van der Waals surface area contributed by atoms with Gasteiger partial charge in [-0.2, -0.15) is 0 Å². The predicted octanol–water partition coefficient (Wildman–Crippen LogP) is 3.29. The fourth-order valence-corrected chi connectivity index (χ4v) is 3.04. The Kier molecular flexibility index (Phi) is 4.42. The molecule has 2 aromatic carbocycles. The first kappa shape index (κ1) is 14.4. The monoisotopic (exact) mass is 285 g/mol. The third-order valence-corrected chi connectivity index (χ3v) is 4.14. The summed E-state index contributed by atoms with van der Waals surface area (Å²) in [6.45, 7) is 3.37. The highest BCUT2D eigenvalue weighted by molar-refractivity contribution is 5.87. The van der Waals surface area contributed by atoms with Gasteiger partial charge in [0.05, 0.1) is 12.2 Å². The average Bonchev–Trinajstić information content (AvgIpc) is 2.92. The Morgan fingerprint density at radius 2 is 2.05 bits per heavy atom. The number of ether oxygens (including phenoxy) is 2. The van der Waals surface area contributed by atoms with Gasteiger partial charge in [-0.15, -0.1) is 0 Å². The molecule has 3 rings (SSSR count). The molecule has 2 aromatic rings. The van der Waals surface area contributed by atoms with Crippen LogP contribution in [0.4, 0.5) is 0 Å². The van der Waals surface area contributed by atoms with Crippen molar-refractivity contribution >= 4 is 10.8 Å². The van der Waals surface area contributed by atoms with Crippen LogP contribution in [0, 0.1) is 0 Å². The highest BCUT2D eigenvalue weighted by atomic mass is 16.5. The van der Waals surface area contributed by atoms with Gasteiger partial charge in [0.1, 0.15) is 12.4 Å². The van der Waals surface area contributed by atoms with E-state index in [0.717, 1.165) is 25.0 Å². The summed E-state index contributed by atoms with van der Waals surface area (Å²) >= 11 is 0. The highest BCUT2D eigenvalue weighted by Gasteiger charge is 2.22. The third-order valence-electron chi connectivity index (χ3n) is 4.14. The molecular weight excluding hydrogens is 262 g/mol. The van der Waals surface area contributed by atoms with Gasteiger partial charge in [0, 0.05) is 5.56 Å². The second-order valence-electron chi connectivity index (χ2n) is 5.76. The quantitative estimate of drug-likeness (QED) is 0.917. The van der Waals surface area contributed by atoms with E-state index in [1.54, 1.807) is 0 Å². The molecule has 1 aliphatic rings. The maximum atomic E-state index is 6.05. The van der Waals surface area contributed by atoms with E-state index < -0.39 is 0 Å². The van der Waals surface area contributed by atoms with E-state index >= 15 is 0 Å². The van der Waals surface area contributed by atoms with E-state index in [0.29, 0.717) is 19.3 Å². The van der Waals surface area contributed by atoms with Crippen molar-refractivity contribution < 1.29 is 9.47 Å². The van der Waals surface area contributed by atoms with Crippen LogP contribution in [-0.4, -0.2) is 25.4 Å². The van der Waals surface area contributed by atoms with Crippen LogP contribution in [0.5, 0.6) is 5.75 Å². The van der Waals surface area contributed by atoms with Gasteiger partial charge < -0.3 is 15.2 Å². The second-order valence-corrected chi connectivity index (χ2v) is 5.76. The summed E-state index contributed by atoms with van der Waals surface area (Å²) in [4.78, 5) is 0. The summed E-state index contributed by atoms with van der Waals surface area (Å²) in [5.41, 5.74) is 6.99. The molecule has 2 atom stereocenters. The van der Waals surface area contributed by atoms with Crippen molar-refractivity contribution in [1.29, 1.82) is 0 Å². The van der Waals surface area contributed by atoms with Crippen LogP contribution in [0.3, 0.4) is 0 Å². The number of benzene rings is 2. The summed E-state index contributed by atoms with van der Waals surface area (Å²) in [7, 11) is 0. The minimum atomic E-state index is 0.220. The molecule has 1 heterocycles. The first-order valence-electron chi connectivity index (χ1n) is 7.77. The third kappa shape index (κ3) is 3.20. The topological polar surface area (TPSA) is 44.5 Å². The van der Waals surface area contributed by atoms with Gasteiger partial charge in [-0.25, -0.2) is 0 Å². The van der Waals surface area contributed by atoms with Gasteiger partial charge in [-0.05, 0) is 49.6 Å². The summed E-state index contributed by atoms with van der Waals surface area (Å²) in [5, 5.41) is 2.47.